The number of amides is 3. The highest BCUT2D eigenvalue weighted by molar-refractivity contribution is 8.18. The number of anilines is 1. The Morgan fingerprint density at radius 3 is 2.51 bits per heavy atom. The van der Waals surface area contributed by atoms with Gasteiger partial charge >= 0.3 is 0 Å². The standard InChI is InChI=1S/C29H27ClN2O6S/c1-3-36-25-16-20(10-13-24(25)38-18-27(33)31-23-7-5-4-6-22(23)30)17-26-28(34)32(29(35)39-26)14-15-37-21-11-8-19(2)9-12-21/h4-13,16-17H,3,14-15,18H2,1-2H3,(H,31,33)/b26-17-. The molecule has 4 rings (SSSR count). The van der Waals surface area contributed by atoms with Gasteiger partial charge < -0.3 is 19.5 Å². The lowest BCUT2D eigenvalue weighted by atomic mass is 10.2. The van der Waals surface area contributed by atoms with Crippen molar-refractivity contribution in [1.82, 2.24) is 4.90 Å². The van der Waals surface area contributed by atoms with Crippen molar-refractivity contribution in [3.63, 3.8) is 0 Å². The van der Waals surface area contributed by atoms with E-state index in [1.807, 2.05) is 38.1 Å². The molecular weight excluding hydrogens is 540 g/mol. The summed E-state index contributed by atoms with van der Waals surface area (Å²) in [5.74, 6) is 0.684. The molecule has 3 aromatic carbocycles. The molecule has 39 heavy (non-hydrogen) atoms. The lowest BCUT2D eigenvalue weighted by Gasteiger charge is -2.14. The number of carbonyl (C=O) groups excluding carboxylic acids is 3. The second-order valence-corrected chi connectivity index (χ2v) is 9.85. The minimum atomic E-state index is -0.382. The molecule has 10 heteroatoms. The Kier molecular flexibility index (Phi) is 9.51. The summed E-state index contributed by atoms with van der Waals surface area (Å²) in [6, 6.07) is 19.5. The van der Waals surface area contributed by atoms with Crippen LogP contribution in [0.4, 0.5) is 10.5 Å². The molecule has 0 atom stereocenters. The molecule has 1 N–H and O–H groups in total. The molecule has 202 valence electrons. The first-order valence-corrected chi connectivity index (χ1v) is 13.4. The zero-order valence-corrected chi connectivity index (χ0v) is 23.0. The van der Waals surface area contributed by atoms with Gasteiger partial charge in [0.05, 0.1) is 28.8 Å². The van der Waals surface area contributed by atoms with Gasteiger partial charge in [-0.1, -0.05) is 47.5 Å². The van der Waals surface area contributed by atoms with E-state index in [2.05, 4.69) is 5.32 Å². The van der Waals surface area contributed by atoms with Gasteiger partial charge in [0.15, 0.2) is 18.1 Å². The number of benzene rings is 3. The van der Waals surface area contributed by atoms with E-state index in [0.717, 1.165) is 17.3 Å². The van der Waals surface area contributed by atoms with Crippen LogP contribution in [0.1, 0.15) is 18.1 Å². The van der Waals surface area contributed by atoms with Gasteiger partial charge in [-0.2, -0.15) is 0 Å². The summed E-state index contributed by atoms with van der Waals surface area (Å²) in [5.41, 5.74) is 2.25. The van der Waals surface area contributed by atoms with Gasteiger partial charge in [0.25, 0.3) is 17.1 Å². The van der Waals surface area contributed by atoms with Crippen LogP contribution < -0.4 is 19.5 Å². The highest BCUT2D eigenvalue weighted by atomic mass is 35.5. The SMILES string of the molecule is CCOc1cc(/C=C2\SC(=O)N(CCOc3ccc(C)cc3)C2=O)ccc1OCC(=O)Nc1ccccc1Cl. The number of aryl methyl sites for hydroxylation is 1. The Morgan fingerprint density at radius 2 is 1.77 bits per heavy atom. The number of hydrogen-bond acceptors (Lipinski definition) is 7. The summed E-state index contributed by atoms with van der Waals surface area (Å²) in [6.07, 6.45) is 1.63. The first kappa shape index (κ1) is 28.1. The molecule has 0 aromatic heterocycles. The van der Waals surface area contributed by atoms with Crippen molar-refractivity contribution in [1.29, 1.82) is 0 Å². The third-order valence-electron chi connectivity index (χ3n) is 5.55. The highest BCUT2D eigenvalue weighted by Crippen LogP contribution is 2.34. The van der Waals surface area contributed by atoms with Gasteiger partial charge in [0.2, 0.25) is 0 Å². The van der Waals surface area contributed by atoms with Gasteiger partial charge in [0, 0.05) is 0 Å². The number of rotatable bonds is 11. The van der Waals surface area contributed by atoms with E-state index in [9.17, 15) is 14.4 Å². The molecule has 1 saturated heterocycles. The Morgan fingerprint density at radius 1 is 1.00 bits per heavy atom. The number of nitrogens with one attached hydrogen (secondary N) is 1. The van der Waals surface area contributed by atoms with Crippen LogP contribution in [-0.4, -0.2) is 48.3 Å². The number of para-hydroxylation sites is 1. The van der Waals surface area contributed by atoms with Crippen molar-refractivity contribution >= 4 is 52.2 Å². The predicted molar refractivity (Wildman–Crippen MR) is 153 cm³/mol. The molecule has 0 unspecified atom stereocenters. The monoisotopic (exact) mass is 566 g/mol. The fourth-order valence-corrected chi connectivity index (χ4v) is 4.68. The average Bonchev–Trinajstić information content (AvgIpc) is 3.18. The van der Waals surface area contributed by atoms with E-state index >= 15 is 0 Å². The zero-order chi connectivity index (χ0) is 27.8. The molecule has 0 saturated carbocycles. The molecule has 1 aliphatic rings. The molecule has 8 nitrogen and oxygen atoms in total. The van der Waals surface area contributed by atoms with Crippen molar-refractivity contribution in [3.8, 4) is 17.2 Å². The van der Waals surface area contributed by atoms with E-state index in [1.165, 1.54) is 4.90 Å². The largest absolute Gasteiger partial charge is 0.492 e. The van der Waals surface area contributed by atoms with Crippen LogP contribution in [0, 0.1) is 6.92 Å². The van der Waals surface area contributed by atoms with Crippen molar-refractivity contribution in [3.05, 3.63) is 87.8 Å². The topological polar surface area (TPSA) is 94.2 Å². The average molecular weight is 567 g/mol. The minimum Gasteiger partial charge on any atom is -0.492 e. The summed E-state index contributed by atoms with van der Waals surface area (Å²) in [7, 11) is 0. The molecule has 0 bridgehead atoms. The maximum absolute atomic E-state index is 12.9. The van der Waals surface area contributed by atoms with E-state index < -0.39 is 0 Å². The molecule has 3 amide bonds. The smallest absolute Gasteiger partial charge is 0.293 e. The van der Waals surface area contributed by atoms with E-state index in [0.29, 0.717) is 45.0 Å². The van der Waals surface area contributed by atoms with Gasteiger partial charge in [-0.05, 0) is 73.6 Å². The molecular formula is C29H27ClN2O6S. The van der Waals surface area contributed by atoms with Crippen LogP contribution in [0.3, 0.4) is 0 Å². The normalized spacial score (nSPS) is 14.0. The lowest BCUT2D eigenvalue weighted by Crippen LogP contribution is -2.32. The van der Waals surface area contributed by atoms with Crippen molar-refractivity contribution in [2.24, 2.45) is 0 Å². The molecule has 0 radical (unpaired) electrons. The van der Waals surface area contributed by atoms with Crippen LogP contribution in [0.5, 0.6) is 17.2 Å². The number of ether oxygens (including phenoxy) is 3. The summed E-state index contributed by atoms with van der Waals surface area (Å²) >= 11 is 6.96. The van der Waals surface area contributed by atoms with Crippen molar-refractivity contribution in [2.45, 2.75) is 13.8 Å². The van der Waals surface area contributed by atoms with Gasteiger partial charge in [-0.3, -0.25) is 19.3 Å². The van der Waals surface area contributed by atoms with Crippen LogP contribution in [0.15, 0.2) is 71.6 Å². The summed E-state index contributed by atoms with van der Waals surface area (Å²) < 4.78 is 17.0. The maximum Gasteiger partial charge on any atom is 0.293 e. The third-order valence-corrected chi connectivity index (χ3v) is 6.79. The number of hydrogen-bond donors (Lipinski definition) is 1. The Balaban J connectivity index is 1.38. The van der Waals surface area contributed by atoms with E-state index in [4.69, 9.17) is 25.8 Å². The Hall–Kier alpha value is -3.95. The number of halogens is 1. The van der Waals surface area contributed by atoms with Crippen LogP contribution >= 0.6 is 23.4 Å². The first-order valence-electron chi connectivity index (χ1n) is 12.2. The molecule has 1 fully saturated rings. The fourth-order valence-electron chi connectivity index (χ4n) is 3.63. The summed E-state index contributed by atoms with van der Waals surface area (Å²) in [5, 5.41) is 2.77. The van der Waals surface area contributed by atoms with E-state index in [-0.39, 0.29) is 36.8 Å². The fraction of sp³-hybridized carbons (Fsp3) is 0.207. The summed E-state index contributed by atoms with van der Waals surface area (Å²) in [4.78, 5) is 39.2. The van der Waals surface area contributed by atoms with Gasteiger partial charge in [-0.15, -0.1) is 0 Å². The Labute approximate surface area is 235 Å². The second kappa shape index (κ2) is 13.2. The second-order valence-electron chi connectivity index (χ2n) is 8.45. The quantitative estimate of drug-likeness (QED) is 0.277. The number of imide groups is 1. The van der Waals surface area contributed by atoms with Crippen LogP contribution in [-0.2, 0) is 9.59 Å². The molecule has 0 spiro atoms. The maximum atomic E-state index is 12.9. The van der Waals surface area contributed by atoms with Crippen LogP contribution in [0.25, 0.3) is 6.08 Å². The lowest BCUT2D eigenvalue weighted by molar-refractivity contribution is -0.123. The molecule has 1 heterocycles. The van der Waals surface area contributed by atoms with Crippen molar-refractivity contribution in [2.75, 3.05) is 31.7 Å². The summed E-state index contributed by atoms with van der Waals surface area (Å²) in [6.45, 7) is 4.25. The third kappa shape index (κ3) is 7.55. The Bertz CT molecular complexity index is 1390. The zero-order valence-electron chi connectivity index (χ0n) is 21.4. The first-order chi connectivity index (χ1) is 18.8. The number of carbonyl (C=O) groups is 3. The molecule has 3 aromatic rings. The van der Waals surface area contributed by atoms with Gasteiger partial charge in [-0.25, -0.2) is 0 Å². The molecule has 1 aliphatic heterocycles. The number of thioether (sulfide) groups is 1. The predicted octanol–water partition coefficient (Wildman–Crippen LogP) is 6.18. The highest BCUT2D eigenvalue weighted by Gasteiger charge is 2.34. The molecule has 0 aliphatic carbocycles. The number of nitrogens with zero attached hydrogens (tertiary/aromatic N) is 1. The van der Waals surface area contributed by atoms with Crippen LogP contribution in [0.2, 0.25) is 5.02 Å². The van der Waals surface area contributed by atoms with Crippen molar-refractivity contribution < 1.29 is 28.6 Å². The van der Waals surface area contributed by atoms with E-state index in [1.54, 1.807) is 48.5 Å². The van der Waals surface area contributed by atoms with Gasteiger partial charge in [0.1, 0.15) is 12.4 Å². The minimum absolute atomic E-state index is 0.142.